The number of halogens is 1. The second kappa shape index (κ2) is 12.7. The Morgan fingerprint density at radius 1 is 1.05 bits per heavy atom. The van der Waals surface area contributed by atoms with Crippen molar-refractivity contribution in [1.29, 1.82) is 0 Å². The van der Waals surface area contributed by atoms with E-state index in [9.17, 15) is 23.9 Å². The number of anilines is 2. The number of carboxylic acid groups (broad SMARTS) is 1. The van der Waals surface area contributed by atoms with E-state index in [1.165, 1.54) is 6.07 Å². The Morgan fingerprint density at radius 3 is 2.32 bits per heavy atom. The van der Waals surface area contributed by atoms with Crippen molar-refractivity contribution in [3.8, 4) is 0 Å². The number of rotatable bonds is 9. The van der Waals surface area contributed by atoms with Crippen molar-refractivity contribution in [2.24, 2.45) is 5.41 Å². The number of benzene rings is 2. The van der Waals surface area contributed by atoms with Gasteiger partial charge in [0.1, 0.15) is 11.9 Å². The molecule has 1 fully saturated rings. The third-order valence-electron chi connectivity index (χ3n) is 7.25. The summed E-state index contributed by atoms with van der Waals surface area (Å²) in [5, 5.41) is 17.9. The minimum Gasteiger partial charge on any atom is -0.480 e. The zero-order valence-electron chi connectivity index (χ0n) is 22.6. The van der Waals surface area contributed by atoms with Gasteiger partial charge in [-0.15, -0.1) is 0 Å². The first-order valence-electron chi connectivity index (χ1n) is 13.2. The number of nitrogens with one attached hydrogen (secondary N) is 3. The van der Waals surface area contributed by atoms with Gasteiger partial charge in [0, 0.05) is 5.69 Å². The normalized spacial score (nSPS) is 15.6. The summed E-state index contributed by atoms with van der Waals surface area (Å²) in [6, 6.07) is 5.59. The second-order valence-electron chi connectivity index (χ2n) is 10.4. The van der Waals surface area contributed by atoms with Crippen LogP contribution in [0.5, 0.6) is 0 Å². The molecule has 0 unspecified atom stereocenters. The number of hydrogen-bond donors (Lipinski definition) is 4. The number of hydrogen-bond acceptors (Lipinski definition) is 3. The predicted molar refractivity (Wildman–Crippen MR) is 149 cm³/mol. The Hall–Kier alpha value is -3.68. The molecule has 2 aromatic rings. The molecule has 3 rings (SSSR count). The van der Waals surface area contributed by atoms with E-state index in [1.807, 2.05) is 39.0 Å². The molecule has 1 atom stereocenters. The summed E-state index contributed by atoms with van der Waals surface area (Å²) >= 11 is 0. The molecule has 0 saturated heterocycles. The maximum absolute atomic E-state index is 14.1. The Kier molecular flexibility index (Phi) is 9.66. The lowest BCUT2D eigenvalue weighted by molar-refractivity contribution is -0.143. The molecule has 8 heteroatoms. The number of carbonyl (C=O) groups excluding carboxylic acids is 2. The smallest absolute Gasteiger partial charge is 0.326 e. The van der Waals surface area contributed by atoms with Gasteiger partial charge in [-0.1, -0.05) is 51.7 Å². The molecule has 1 aliphatic carbocycles. The standard InChI is InChI=1S/C30H38FN3O4/c1-5-6-8-11-21-16-19(2)25(20(3)17-21)33-29(38)32-24-18-22(31)12-13-23(24)27(35)34-26(28(36)37)30(4)14-9-7-10-15-30/h8,11-13,16-18,26H,5-7,9-10,14-15H2,1-4H3,(H,34,35)(H,36,37)(H2,32,33,38)/t26-/m1/s1. The van der Waals surface area contributed by atoms with Crippen molar-refractivity contribution in [3.63, 3.8) is 0 Å². The Balaban J connectivity index is 1.79. The maximum Gasteiger partial charge on any atom is 0.326 e. The van der Waals surface area contributed by atoms with E-state index >= 15 is 0 Å². The molecule has 0 radical (unpaired) electrons. The minimum absolute atomic E-state index is 0.0166. The lowest BCUT2D eigenvalue weighted by atomic mass is 9.70. The lowest BCUT2D eigenvalue weighted by Crippen LogP contribution is -2.52. The minimum atomic E-state index is -1.11. The van der Waals surface area contributed by atoms with Gasteiger partial charge in [-0.2, -0.15) is 0 Å². The fourth-order valence-corrected chi connectivity index (χ4v) is 5.15. The van der Waals surface area contributed by atoms with Crippen LogP contribution in [0.25, 0.3) is 6.08 Å². The number of allylic oxidation sites excluding steroid dienone is 1. The highest BCUT2D eigenvalue weighted by molar-refractivity contribution is 6.07. The highest BCUT2D eigenvalue weighted by atomic mass is 19.1. The lowest BCUT2D eigenvalue weighted by Gasteiger charge is -2.38. The first kappa shape index (κ1) is 28.9. The number of unbranched alkanes of at least 4 members (excludes halogenated alkanes) is 1. The summed E-state index contributed by atoms with van der Waals surface area (Å²) in [6.45, 7) is 7.76. The van der Waals surface area contributed by atoms with Crippen molar-refractivity contribution < 1.29 is 23.9 Å². The van der Waals surface area contributed by atoms with Crippen LogP contribution < -0.4 is 16.0 Å². The van der Waals surface area contributed by atoms with Gasteiger partial charge in [-0.05, 0) is 85.5 Å². The van der Waals surface area contributed by atoms with E-state index in [0.29, 0.717) is 18.5 Å². The molecule has 0 aliphatic heterocycles. The predicted octanol–water partition coefficient (Wildman–Crippen LogP) is 7.05. The van der Waals surface area contributed by atoms with Crippen LogP contribution in [0, 0.1) is 25.1 Å². The molecule has 0 heterocycles. The van der Waals surface area contributed by atoms with Crippen molar-refractivity contribution >= 4 is 35.4 Å². The number of amides is 3. The van der Waals surface area contributed by atoms with E-state index in [2.05, 4.69) is 29.0 Å². The maximum atomic E-state index is 14.1. The average Bonchev–Trinajstić information content (AvgIpc) is 2.85. The third-order valence-corrected chi connectivity index (χ3v) is 7.25. The largest absolute Gasteiger partial charge is 0.480 e. The van der Waals surface area contributed by atoms with Gasteiger partial charge in [-0.25, -0.2) is 14.0 Å². The van der Waals surface area contributed by atoms with Gasteiger partial charge in [-0.3, -0.25) is 4.79 Å². The summed E-state index contributed by atoms with van der Waals surface area (Å²) in [7, 11) is 0. The molecule has 0 aromatic heterocycles. The molecule has 7 nitrogen and oxygen atoms in total. The average molecular weight is 524 g/mol. The van der Waals surface area contributed by atoms with E-state index in [-0.39, 0.29) is 11.3 Å². The van der Waals surface area contributed by atoms with Gasteiger partial charge < -0.3 is 21.1 Å². The number of carbonyl (C=O) groups is 3. The van der Waals surface area contributed by atoms with E-state index in [0.717, 1.165) is 60.9 Å². The quantitative estimate of drug-likeness (QED) is 0.282. The number of urea groups is 1. The molecular formula is C30H38FN3O4. The SMILES string of the molecule is CCCC=Cc1cc(C)c(NC(=O)Nc2cc(F)ccc2C(=O)N[C@H](C(=O)O)C2(C)CCCCC2)c(C)c1. The van der Waals surface area contributed by atoms with Gasteiger partial charge in [0.2, 0.25) is 0 Å². The molecule has 0 bridgehead atoms. The van der Waals surface area contributed by atoms with Gasteiger partial charge in [0.05, 0.1) is 11.3 Å². The first-order valence-corrected chi connectivity index (χ1v) is 13.2. The molecular weight excluding hydrogens is 485 g/mol. The molecule has 38 heavy (non-hydrogen) atoms. The second-order valence-corrected chi connectivity index (χ2v) is 10.4. The fourth-order valence-electron chi connectivity index (χ4n) is 5.15. The molecule has 2 aromatic carbocycles. The van der Waals surface area contributed by atoms with Crippen molar-refractivity contribution in [2.45, 2.75) is 78.7 Å². The third kappa shape index (κ3) is 7.21. The van der Waals surface area contributed by atoms with Crippen LogP contribution in [0.3, 0.4) is 0 Å². The summed E-state index contributed by atoms with van der Waals surface area (Å²) in [5.74, 6) is -2.44. The highest BCUT2D eigenvalue weighted by Gasteiger charge is 2.41. The molecule has 3 amide bonds. The molecule has 204 valence electrons. The Bertz CT molecular complexity index is 1190. The number of carboxylic acids is 1. The molecule has 4 N–H and O–H groups in total. The fraction of sp³-hybridized carbons (Fsp3) is 0.433. The van der Waals surface area contributed by atoms with E-state index < -0.39 is 35.2 Å². The van der Waals surface area contributed by atoms with Crippen molar-refractivity contribution in [3.05, 3.63) is 64.5 Å². The van der Waals surface area contributed by atoms with Gasteiger partial charge >= 0.3 is 12.0 Å². The van der Waals surface area contributed by atoms with Crippen LogP contribution in [0.2, 0.25) is 0 Å². The first-order chi connectivity index (χ1) is 18.0. The van der Waals surface area contributed by atoms with Crippen LogP contribution in [0.1, 0.15) is 85.8 Å². The molecule has 1 aliphatic rings. The monoisotopic (exact) mass is 523 g/mol. The Morgan fingerprint density at radius 2 is 1.71 bits per heavy atom. The van der Waals surface area contributed by atoms with Crippen molar-refractivity contribution in [1.82, 2.24) is 5.32 Å². The van der Waals surface area contributed by atoms with E-state index in [4.69, 9.17) is 0 Å². The summed E-state index contributed by atoms with van der Waals surface area (Å²) in [6.07, 6.45) is 10.4. The molecule has 0 spiro atoms. The van der Waals surface area contributed by atoms with E-state index in [1.54, 1.807) is 0 Å². The van der Waals surface area contributed by atoms with Crippen LogP contribution in [0.4, 0.5) is 20.6 Å². The van der Waals surface area contributed by atoms with Crippen LogP contribution in [-0.2, 0) is 4.79 Å². The summed E-state index contributed by atoms with van der Waals surface area (Å²) < 4.78 is 14.1. The van der Waals surface area contributed by atoms with Gasteiger partial charge in [0.25, 0.3) is 5.91 Å². The molecule has 1 saturated carbocycles. The zero-order valence-corrected chi connectivity index (χ0v) is 22.6. The van der Waals surface area contributed by atoms with Crippen LogP contribution in [-0.4, -0.2) is 29.1 Å². The highest BCUT2D eigenvalue weighted by Crippen LogP contribution is 2.39. The number of aryl methyl sites for hydroxylation is 2. The summed E-state index contributed by atoms with van der Waals surface area (Å²) in [4.78, 5) is 38.2. The zero-order chi connectivity index (χ0) is 27.9. The summed E-state index contributed by atoms with van der Waals surface area (Å²) in [5.41, 5.74) is 2.72. The van der Waals surface area contributed by atoms with Crippen LogP contribution >= 0.6 is 0 Å². The van der Waals surface area contributed by atoms with Crippen molar-refractivity contribution in [2.75, 3.05) is 10.6 Å². The number of aliphatic carboxylic acids is 1. The van der Waals surface area contributed by atoms with Gasteiger partial charge in [0.15, 0.2) is 0 Å². The Labute approximate surface area is 223 Å². The topological polar surface area (TPSA) is 108 Å². The van der Waals surface area contributed by atoms with Crippen LogP contribution in [0.15, 0.2) is 36.4 Å².